The van der Waals surface area contributed by atoms with E-state index in [-0.39, 0.29) is 25.2 Å². The van der Waals surface area contributed by atoms with Crippen molar-refractivity contribution in [2.75, 3.05) is 13.2 Å². The van der Waals surface area contributed by atoms with Crippen molar-refractivity contribution in [2.24, 2.45) is 0 Å². The smallest absolute Gasteiger partial charge is 0.306 e. The van der Waals surface area contributed by atoms with Gasteiger partial charge in [0.1, 0.15) is 6.61 Å². The van der Waals surface area contributed by atoms with Gasteiger partial charge in [-0.05, 0) is 64.2 Å². The number of carbonyl (C=O) groups is 2. The van der Waals surface area contributed by atoms with E-state index < -0.39 is 6.10 Å². The van der Waals surface area contributed by atoms with E-state index in [2.05, 4.69) is 38.2 Å². The summed E-state index contributed by atoms with van der Waals surface area (Å²) in [6, 6.07) is 0. The zero-order chi connectivity index (χ0) is 32.9. The molecule has 0 amide bonds. The van der Waals surface area contributed by atoms with Crippen LogP contribution in [-0.4, -0.2) is 36.4 Å². The topological polar surface area (TPSA) is 72.8 Å². The molecule has 0 aliphatic heterocycles. The minimum Gasteiger partial charge on any atom is -0.462 e. The van der Waals surface area contributed by atoms with Gasteiger partial charge in [0.25, 0.3) is 0 Å². The molecule has 0 fully saturated rings. The van der Waals surface area contributed by atoms with Crippen LogP contribution >= 0.6 is 0 Å². The summed E-state index contributed by atoms with van der Waals surface area (Å²) < 4.78 is 10.6. The molecule has 0 saturated heterocycles. The molecule has 0 radical (unpaired) electrons. The van der Waals surface area contributed by atoms with Crippen LogP contribution in [0.5, 0.6) is 0 Å². The van der Waals surface area contributed by atoms with Gasteiger partial charge in [-0.15, -0.1) is 0 Å². The Morgan fingerprint density at radius 2 is 0.822 bits per heavy atom. The highest BCUT2D eigenvalue weighted by molar-refractivity contribution is 5.70. The Hall–Kier alpha value is -1.62. The highest BCUT2D eigenvalue weighted by Gasteiger charge is 2.16. The quantitative estimate of drug-likeness (QED) is 0.0426. The van der Waals surface area contributed by atoms with Crippen LogP contribution in [0.25, 0.3) is 0 Å². The molecule has 0 heterocycles. The fraction of sp³-hybridized carbons (Fsp3) is 0.850. The first-order chi connectivity index (χ1) is 22.1. The minimum atomic E-state index is -0.772. The van der Waals surface area contributed by atoms with Crippen molar-refractivity contribution < 1.29 is 24.2 Å². The van der Waals surface area contributed by atoms with Crippen molar-refractivity contribution in [3.05, 3.63) is 24.3 Å². The van der Waals surface area contributed by atoms with Gasteiger partial charge < -0.3 is 14.6 Å². The van der Waals surface area contributed by atoms with Crippen LogP contribution in [0, 0.1) is 0 Å². The Kier molecular flexibility index (Phi) is 35.5. The Bertz CT molecular complexity index is 686. The Balaban J connectivity index is 3.54. The van der Waals surface area contributed by atoms with E-state index in [9.17, 15) is 14.7 Å². The first-order valence-electron chi connectivity index (χ1n) is 19.4. The summed E-state index contributed by atoms with van der Waals surface area (Å²) in [6.45, 7) is 4.10. The lowest BCUT2D eigenvalue weighted by Gasteiger charge is -2.15. The second-order valence-electron chi connectivity index (χ2n) is 13.0. The molecule has 1 atom stereocenters. The molecule has 0 saturated carbocycles. The Morgan fingerprint density at radius 1 is 0.489 bits per heavy atom. The van der Waals surface area contributed by atoms with Crippen LogP contribution in [0.1, 0.15) is 200 Å². The molecule has 0 spiro atoms. The second-order valence-corrected chi connectivity index (χ2v) is 13.0. The summed E-state index contributed by atoms with van der Waals surface area (Å²) in [7, 11) is 0. The van der Waals surface area contributed by atoms with Gasteiger partial charge in [0.2, 0.25) is 0 Å². The van der Waals surface area contributed by atoms with Crippen molar-refractivity contribution in [2.45, 2.75) is 206 Å². The number of ether oxygens (including phenoxy) is 2. The van der Waals surface area contributed by atoms with Crippen molar-refractivity contribution in [3.63, 3.8) is 0 Å². The molecular formula is C40H74O5. The average Bonchev–Trinajstić information content (AvgIpc) is 3.04. The molecule has 0 unspecified atom stereocenters. The molecular weight excluding hydrogens is 560 g/mol. The molecule has 0 bridgehead atoms. The van der Waals surface area contributed by atoms with Crippen LogP contribution in [0.4, 0.5) is 0 Å². The number of rotatable bonds is 35. The molecule has 0 aliphatic carbocycles. The van der Waals surface area contributed by atoms with E-state index in [4.69, 9.17) is 9.47 Å². The third kappa shape index (κ3) is 35.1. The van der Waals surface area contributed by atoms with Crippen LogP contribution in [0.3, 0.4) is 0 Å². The highest BCUT2D eigenvalue weighted by atomic mass is 16.6. The summed E-state index contributed by atoms with van der Waals surface area (Å²) >= 11 is 0. The Labute approximate surface area is 279 Å². The summed E-state index contributed by atoms with van der Waals surface area (Å²) in [5.74, 6) is -0.603. The third-order valence-corrected chi connectivity index (χ3v) is 8.47. The number of esters is 2. The van der Waals surface area contributed by atoms with Crippen molar-refractivity contribution >= 4 is 11.9 Å². The number of hydrogen-bond donors (Lipinski definition) is 1. The van der Waals surface area contributed by atoms with Gasteiger partial charge >= 0.3 is 11.9 Å². The predicted molar refractivity (Wildman–Crippen MR) is 191 cm³/mol. The van der Waals surface area contributed by atoms with Gasteiger partial charge in [0, 0.05) is 12.8 Å². The van der Waals surface area contributed by atoms with Gasteiger partial charge in [-0.2, -0.15) is 0 Å². The van der Waals surface area contributed by atoms with E-state index in [1.165, 1.54) is 128 Å². The first-order valence-corrected chi connectivity index (χ1v) is 19.4. The maximum Gasteiger partial charge on any atom is 0.306 e. The van der Waals surface area contributed by atoms with Crippen molar-refractivity contribution in [1.82, 2.24) is 0 Å². The molecule has 5 heteroatoms. The van der Waals surface area contributed by atoms with Crippen molar-refractivity contribution in [3.8, 4) is 0 Å². The zero-order valence-corrected chi connectivity index (χ0v) is 29.9. The summed E-state index contributed by atoms with van der Waals surface area (Å²) in [6.07, 6.45) is 42.4. The monoisotopic (exact) mass is 635 g/mol. The maximum atomic E-state index is 12.2. The van der Waals surface area contributed by atoms with Crippen LogP contribution in [0.15, 0.2) is 24.3 Å². The molecule has 0 aliphatic rings. The fourth-order valence-electron chi connectivity index (χ4n) is 5.48. The second kappa shape index (κ2) is 36.8. The van der Waals surface area contributed by atoms with Gasteiger partial charge in [0.05, 0.1) is 6.61 Å². The number of carbonyl (C=O) groups excluding carboxylic acids is 2. The normalized spacial score (nSPS) is 12.3. The number of unbranched alkanes of at least 4 members (excludes halogenated alkanes) is 23. The molecule has 0 rings (SSSR count). The number of aliphatic hydroxyl groups excluding tert-OH is 1. The minimum absolute atomic E-state index is 0.0694. The summed E-state index contributed by atoms with van der Waals surface area (Å²) in [4.78, 5) is 24.2. The fourth-order valence-corrected chi connectivity index (χ4v) is 5.48. The van der Waals surface area contributed by atoms with Gasteiger partial charge in [-0.25, -0.2) is 0 Å². The molecule has 45 heavy (non-hydrogen) atoms. The number of hydrogen-bond acceptors (Lipinski definition) is 5. The lowest BCUT2D eigenvalue weighted by Crippen LogP contribution is -2.28. The first kappa shape index (κ1) is 43.4. The standard InChI is InChI=1S/C40H74O5/c1-3-5-7-9-11-13-15-17-18-19-20-21-22-23-25-27-29-31-33-35-40(43)45-38(36-41)37-44-39(42)34-32-30-28-26-24-16-14-12-10-8-6-4-2/h12,14,19-20,38,41H,3-11,13,15-18,21-37H2,1-2H3/b14-12-,20-19-/t38-/m0/s1. The number of allylic oxidation sites excluding steroid dienone is 4. The van der Waals surface area contributed by atoms with E-state index in [0.717, 1.165) is 44.9 Å². The number of aliphatic hydroxyl groups is 1. The molecule has 1 N–H and O–H groups in total. The summed E-state index contributed by atoms with van der Waals surface area (Å²) in [5.41, 5.74) is 0. The van der Waals surface area contributed by atoms with Crippen LogP contribution in [-0.2, 0) is 19.1 Å². The molecule has 5 nitrogen and oxygen atoms in total. The van der Waals surface area contributed by atoms with E-state index in [1.807, 2.05) is 0 Å². The Morgan fingerprint density at radius 3 is 1.24 bits per heavy atom. The zero-order valence-electron chi connectivity index (χ0n) is 29.9. The third-order valence-electron chi connectivity index (χ3n) is 8.47. The highest BCUT2D eigenvalue weighted by Crippen LogP contribution is 2.13. The largest absolute Gasteiger partial charge is 0.462 e. The lowest BCUT2D eigenvalue weighted by atomic mass is 10.1. The lowest BCUT2D eigenvalue weighted by molar-refractivity contribution is -0.161. The van der Waals surface area contributed by atoms with Crippen LogP contribution < -0.4 is 0 Å². The summed E-state index contributed by atoms with van der Waals surface area (Å²) in [5, 5.41) is 9.53. The molecule has 0 aromatic heterocycles. The van der Waals surface area contributed by atoms with E-state index in [0.29, 0.717) is 12.8 Å². The molecule has 0 aromatic carbocycles. The molecule has 0 aromatic rings. The average molecular weight is 635 g/mol. The van der Waals surface area contributed by atoms with Crippen LogP contribution in [0.2, 0.25) is 0 Å². The van der Waals surface area contributed by atoms with E-state index >= 15 is 0 Å². The predicted octanol–water partition coefficient (Wildman–Crippen LogP) is 11.9. The molecule has 264 valence electrons. The van der Waals surface area contributed by atoms with Gasteiger partial charge in [0.15, 0.2) is 6.10 Å². The van der Waals surface area contributed by atoms with Crippen molar-refractivity contribution in [1.29, 1.82) is 0 Å². The van der Waals surface area contributed by atoms with E-state index in [1.54, 1.807) is 0 Å². The van der Waals surface area contributed by atoms with Gasteiger partial charge in [-0.3, -0.25) is 9.59 Å². The maximum absolute atomic E-state index is 12.2. The van der Waals surface area contributed by atoms with Gasteiger partial charge in [-0.1, -0.05) is 147 Å². The SMILES string of the molecule is CCCCC/C=C\CCCCCCCC(=O)OC[C@H](CO)OC(=O)CCCCCCCCC/C=C\CCCCCCCCCC.